The van der Waals surface area contributed by atoms with Crippen molar-refractivity contribution in [3.8, 4) is 0 Å². The third-order valence-corrected chi connectivity index (χ3v) is 6.58. The summed E-state index contributed by atoms with van der Waals surface area (Å²) in [4.78, 5) is 3.47. The van der Waals surface area contributed by atoms with Crippen LogP contribution in [0.3, 0.4) is 0 Å². The van der Waals surface area contributed by atoms with Gasteiger partial charge in [0.25, 0.3) is 10.0 Å². The van der Waals surface area contributed by atoms with Gasteiger partial charge >= 0.3 is 6.18 Å². The Balaban J connectivity index is 2.46. The van der Waals surface area contributed by atoms with E-state index in [0.29, 0.717) is 0 Å². The predicted octanol–water partition coefficient (Wildman–Crippen LogP) is 4.50. The van der Waals surface area contributed by atoms with Crippen molar-refractivity contribution in [3.63, 3.8) is 0 Å². The van der Waals surface area contributed by atoms with Gasteiger partial charge in [0.15, 0.2) is 5.13 Å². The number of hydrogen-bond acceptors (Lipinski definition) is 4. The SMILES string of the molecule is CC[C@@H](C)c1csc(N(C)S(=O)(=O)c2ccccc2C(F)(F)F)n1. The highest BCUT2D eigenvalue weighted by Gasteiger charge is 2.38. The first-order chi connectivity index (χ1) is 11.1. The van der Waals surface area contributed by atoms with Gasteiger partial charge < -0.3 is 0 Å². The second-order valence-electron chi connectivity index (χ2n) is 5.33. The number of rotatable bonds is 5. The first-order valence-corrected chi connectivity index (χ1v) is 9.51. The van der Waals surface area contributed by atoms with Crippen molar-refractivity contribution in [3.05, 3.63) is 40.9 Å². The van der Waals surface area contributed by atoms with Crippen LogP contribution in [0.5, 0.6) is 0 Å². The molecule has 0 N–H and O–H groups in total. The summed E-state index contributed by atoms with van der Waals surface area (Å²) in [6.45, 7) is 3.93. The van der Waals surface area contributed by atoms with Gasteiger partial charge in [-0.1, -0.05) is 26.0 Å². The molecule has 1 aromatic heterocycles. The molecule has 0 aliphatic carbocycles. The monoisotopic (exact) mass is 378 g/mol. The normalized spacial score (nSPS) is 13.8. The van der Waals surface area contributed by atoms with Crippen LogP contribution in [0.15, 0.2) is 34.5 Å². The zero-order chi connectivity index (χ0) is 18.1. The second-order valence-corrected chi connectivity index (χ2v) is 8.10. The minimum atomic E-state index is -4.75. The van der Waals surface area contributed by atoms with Gasteiger partial charge in [-0.25, -0.2) is 17.7 Å². The fourth-order valence-corrected chi connectivity index (χ4v) is 4.53. The largest absolute Gasteiger partial charge is 0.417 e. The van der Waals surface area contributed by atoms with Crippen LogP contribution >= 0.6 is 11.3 Å². The lowest BCUT2D eigenvalue weighted by atomic mass is 10.1. The van der Waals surface area contributed by atoms with Gasteiger partial charge in [-0.15, -0.1) is 11.3 Å². The molecular formula is C15H17F3N2O2S2. The Bertz CT molecular complexity index is 816. The topological polar surface area (TPSA) is 50.3 Å². The average molecular weight is 378 g/mol. The fourth-order valence-electron chi connectivity index (χ4n) is 2.03. The summed E-state index contributed by atoms with van der Waals surface area (Å²) in [6, 6.07) is 4.14. The van der Waals surface area contributed by atoms with Gasteiger partial charge in [-0.05, 0) is 24.5 Å². The molecular weight excluding hydrogens is 361 g/mol. The van der Waals surface area contributed by atoms with Gasteiger partial charge in [-0.2, -0.15) is 13.2 Å². The van der Waals surface area contributed by atoms with Gasteiger partial charge in [0, 0.05) is 12.4 Å². The molecule has 2 aromatic rings. The van der Waals surface area contributed by atoms with E-state index in [1.54, 1.807) is 5.38 Å². The van der Waals surface area contributed by atoms with Crippen molar-refractivity contribution < 1.29 is 21.6 Å². The molecule has 0 saturated carbocycles. The van der Waals surface area contributed by atoms with Crippen LogP contribution in [0, 0.1) is 0 Å². The van der Waals surface area contributed by atoms with Crippen molar-refractivity contribution >= 4 is 26.5 Å². The van der Waals surface area contributed by atoms with Crippen molar-refractivity contribution in [2.75, 3.05) is 11.4 Å². The molecule has 24 heavy (non-hydrogen) atoms. The first-order valence-electron chi connectivity index (χ1n) is 7.19. The summed E-state index contributed by atoms with van der Waals surface area (Å²) in [6.07, 6.45) is -3.92. The number of thiazole rings is 1. The smallest absolute Gasteiger partial charge is 0.244 e. The van der Waals surface area contributed by atoms with Crippen LogP contribution in [0.2, 0.25) is 0 Å². The summed E-state index contributed by atoms with van der Waals surface area (Å²) in [5.41, 5.74) is -0.459. The first kappa shape index (κ1) is 18.7. The van der Waals surface area contributed by atoms with E-state index in [2.05, 4.69) is 4.98 Å². The van der Waals surface area contributed by atoms with Crippen LogP contribution in [-0.2, 0) is 16.2 Å². The molecule has 0 unspecified atom stereocenters. The number of alkyl halides is 3. The molecule has 0 bridgehead atoms. The predicted molar refractivity (Wildman–Crippen MR) is 87.9 cm³/mol. The number of hydrogen-bond donors (Lipinski definition) is 0. The van der Waals surface area contributed by atoms with Gasteiger partial charge in [0.1, 0.15) is 0 Å². The van der Waals surface area contributed by atoms with Crippen LogP contribution in [0.4, 0.5) is 18.3 Å². The minimum Gasteiger partial charge on any atom is -0.244 e. The van der Waals surface area contributed by atoms with E-state index in [4.69, 9.17) is 0 Å². The highest BCUT2D eigenvalue weighted by Crippen LogP contribution is 2.36. The standard InChI is InChI=1S/C15H17F3N2O2S2/c1-4-10(2)12-9-23-14(19-12)20(3)24(21,22)13-8-6-5-7-11(13)15(16,17)18/h5-10H,4H2,1-3H3/t10-/m1/s1. The summed E-state index contributed by atoms with van der Waals surface area (Å²) in [7, 11) is -3.15. The molecule has 0 radical (unpaired) electrons. The van der Waals surface area contributed by atoms with E-state index in [0.717, 1.165) is 46.0 Å². The average Bonchev–Trinajstić information content (AvgIpc) is 3.02. The molecule has 0 saturated heterocycles. The van der Waals surface area contributed by atoms with E-state index in [-0.39, 0.29) is 11.0 Å². The minimum absolute atomic E-state index is 0.141. The molecule has 0 amide bonds. The Morgan fingerprint density at radius 2 is 1.92 bits per heavy atom. The third-order valence-electron chi connectivity index (χ3n) is 3.73. The molecule has 0 fully saturated rings. The van der Waals surface area contributed by atoms with Gasteiger partial charge in [0.2, 0.25) is 0 Å². The highest BCUT2D eigenvalue weighted by molar-refractivity contribution is 7.93. The molecule has 1 aromatic carbocycles. The Labute approximate surface area is 143 Å². The van der Waals surface area contributed by atoms with E-state index >= 15 is 0 Å². The van der Waals surface area contributed by atoms with Crippen molar-refractivity contribution in [1.29, 1.82) is 0 Å². The molecule has 1 atom stereocenters. The highest BCUT2D eigenvalue weighted by atomic mass is 32.2. The zero-order valence-electron chi connectivity index (χ0n) is 13.3. The van der Waals surface area contributed by atoms with Crippen LogP contribution in [0.25, 0.3) is 0 Å². The van der Waals surface area contributed by atoms with Gasteiger partial charge in [0.05, 0.1) is 16.2 Å². The molecule has 0 spiro atoms. The van der Waals surface area contributed by atoms with E-state index in [9.17, 15) is 21.6 Å². The molecule has 4 nitrogen and oxygen atoms in total. The molecule has 2 rings (SSSR count). The summed E-state index contributed by atoms with van der Waals surface area (Å²) in [5, 5.41) is 1.87. The third kappa shape index (κ3) is 3.56. The van der Waals surface area contributed by atoms with Crippen molar-refractivity contribution in [1.82, 2.24) is 4.98 Å². The number of aromatic nitrogens is 1. The van der Waals surface area contributed by atoms with E-state index in [1.165, 1.54) is 13.1 Å². The van der Waals surface area contributed by atoms with Crippen molar-refractivity contribution in [2.45, 2.75) is 37.3 Å². The molecule has 1 heterocycles. The summed E-state index contributed by atoms with van der Waals surface area (Å²) < 4.78 is 65.4. The lowest BCUT2D eigenvalue weighted by Crippen LogP contribution is -2.28. The molecule has 0 aliphatic rings. The number of sulfonamides is 1. The van der Waals surface area contributed by atoms with Crippen LogP contribution in [-0.4, -0.2) is 20.4 Å². The quantitative estimate of drug-likeness (QED) is 0.770. The van der Waals surface area contributed by atoms with E-state index in [1.807, 2.05) is 13.8 Å². The van der Waals surface area contributed by atoms with Crippen LogP contribution in [0.1, 0.15) is 37.4 Å². The fraction of sp³-hybridized carbons (Fsp3) is 0.400. The molecule has 132 valence electrons. The van der Waals surface area contributed by atoms with Crippen LogP contribution < -0.4 is 4.31 Å². The van der Waals surface area contributed by atoms with E-state index < -0.39 is 26.7 Å². The Kier molecular flexibility index (Phi) is 5.24. The Morgan fingerprint density at radius 3 is 2.50 bits per heavy atom. The lowest BCUT2D eigenvalue weighted by molar-refractivity contribution is -0.139. The lowest BCUT2D eigenvalue weighted by Gasteiger charge is -2.19. The summed E-state index contributed by atoms with van der Waals surface area (Å²) in [5.74, 6) is 0.147. The molecule has 0 aliphatic heterocycles. The maximum Gasteiger partial charge on any atom is 0.417 e. The summed E-state index contributed by atoms with van der Waals surface area (Å²) >= 11 is 1.09. The number of anilines is 1. The maximum absolute atomic E-state index is 13.1. The second kappa shape index (κ2) is 6.72. The number of nitrogens with zero attached hydrogens (tertiary/aromatic N) is 2. The van der Waals surface area contributed by atoms with Gasteiger partial charge in [-0.3, -0.25) is 0 Å². The number of benzene rings is 1. The van der Waals surface area contributed by atoms with Crippen molar-refractivity contribution in [2.24, 2.45) is 0 Å². The maximum atomic E-state index is 13.1. The zero-order valence-corrected chi connectivity index (χ0v) is 15.0. The Morgan fingerprint density at radius 1 is 1.29 bits per heavy atom. The molecule has 9 heteroatoms. The number of halogens is 3. The Hall–Kier alpha value is -1.61.